The fourth-order valence-corrected chi connectivity index (χ4v) is 3.91. The molecule has 2 N–H and O–H groups in total. The number of anilines is 1. The number of piperazine rings is 1. The number of benzene rings is 1. The zero-order valence-electron chi connectivity index (χ0n) is 16.2. The second kappa shape index (κ2) is 10.4. The number of aliphatic imine (C=N–C) groups is 1. The van der Waals surface area contributed by atoms with Crippen molar-refractivity contribution in [1.82, 2.24) is 9.80 Å². The fourth-order valence-electron chi connectivity index (χ4n) is 3.91. The Hall–Kier alpha value is -1.75. The zero-order chi connectivity index (χ0) is 18.0. The van der Waals surface area contributed by atoms with Gasteiger partial charge in [0.05, 0.1) is 0 Å². The Morgan fingerprint density at radius 1 is 0.846 bits per heavy atom. The zero-order valence-corrected chi connectivity index (χ0v) is 16.2. The van der Waals surface area contributed by atoms with Gasteiger partial charge in [0.2, 0.25) is 0 Å². The number of guanidine groups is 1. The Kier molecular flexibility index (Phi) is 7.62. The normalized spacial score (nSPS) is 20.2. The average Bonchev–Trinajstić information content (AvgIpc) is 2.98. The largest absolute Gasteiger partial charge is 0.370 e. The number of nitrogens with two attached hydrogens (primary N) is 1. The lowest BCUT2D eigenvalue weighted by Crippen LogP contribution is -2.46. The summed E-state index contributed by atoms with van der Waals surface area (Å²) in [6.45, 7) is 8.80. The Morgan fingerprint density at radius 2 is 1.54 bits per heavy atom. The Balaban J connectivity index is 1.29. The highest BCUT2D eigenvalue weighted by molar-refractivity contribution is 5.78. The summed E-state index contributed by atoms with van der Waals surface area (Å²) in [5.74, 6) is 0.767. The monoisotopic (exact) mass is 357 g/mol. The molecule has 0 bridgehead atoms. The standard InChI is InChI=1S/C21H35N5/c22-21(26-14-7-1-2-8-15-26)23-12-6-9-13-24-16-18-25(19-17-24)20-10-4-3-5-11-20/h3-5,10-11H,1-2,6-9,12-19H2,(H2,22,23). The molecule has 0 unspecified atom stereocenters. The van der Waals surface area contributed by atoms with E-state index < -0.39 is 0 Å². The van der Waals surface area contributed by atoms with E-state index in [-0.39, 0.29) is 0 Å². The quantitative estimate of drug-likeness (QED) is 0.483. The highest BCUT2D eigenvalue weighted by atomic mass is 15.3. The number of unbranched alkanes of at least 4 members (excludes halogenated alkanes) is 1. The molecule has 2 aliphatic rings. The van der Waals surface area contributed by atoms with Crippen LogP contribution in [0.2, 0.25) is 0 Å². The number of para-hydroxylation sites is 1. The van der Waals surface area contributed by atoms with Crippen molar-refractivity contribution in [2.24, 2.45) is 10.7 Å². The van der Waals surface area contributed by atoms with Gasteiger partial charge in [0.25, 0.3) is 0 Å². The van der Waals surface area contributed by atoms with Crippen LogP contribution in [0.3, 0.4) is 0 Å². The van der Waals surface area contributed by atoms with Gasteiger partial charge in [-0.1, -0.05) is 31.0 Å². The van der Waals surface area contributed by atoms with Crippen LogP contribution in [-0.2, 0) is 0 Å². The molecule has 2 fully saturated rings. The summed E-state index contributed by atoms with van der Waals surface area (Å²) < 4.78 is 0. The molecule has 2 saturated heterocycles. The van der Waals surface area contributed by atoms with Crippen molar-refractivity contribution < 1.29 is 0 Å². The predicted octanol–water partition coefficient (Wildman–Crippen LogP) is 2.78. The first-order chi connectivity index (χ1) is 12.8. The van der Waals surface area contributed by atoms with E-state index in [1.165, 1.54) is 44.3 Å². The van der Waals surface area contributed by atoms with Crippen LogP contribution in [0.4, 0.5) is 5.69 Å². The van der Waals surface area contributed by atoms with Crippen LogP contribution in [-0.4, -0.2) is 68.1 Å². The van der Waals surface area contributed by atoms with Crippen LogP contribution in [0.5, 0.6) is 0 Å². The van der Waals surface area contributed by atoms with Crippen LogP contribution in [0.15, 0.2) is 35.3 Å². The van der Waals surface area contributed by atoms with Gasteiger partial charge in [-0.3, -0.25) is 9.89 Å². The average molecular weight is 358 g/mol. The van der Waals surface area contributed by atoms with E-state index in [9.17, 15) is 0 Å². The summed E-state index contributed by atoms with van der Waals surface area (Å²) in [6.07, 6.45) is 7.52. The molecule has 26 heavy (non-hydrogen) atoms. The maximum absolute atomic E-state index is 6.17. The number of hydrogen-bond acceptors (Lipinski definition) is 3. The van der Waals surface area contributed by atoms with E-state index in [4.69, 9.17) is 5.73 Å². The number of rotatable bonds is 6. The molecule has 0 amide bonds. The summed E-state index contributed by atoms with van der Waals surface area (Å²) in [6, 6.07) is 10.8. The van der Waals surface area contributed by atoms with Crippen molar-refractivity contribution in [3.8, 4) is 0 Å². The molecule has 2 aliphatic heterocycles. The third-order valence-electron chi connectivity index (χ3n) is 5.58. The van der Waals surface area contributed by atoms with Gasteiger partial charge in [-0.2, -0.15) is 0 Å². The number of likely N-dealkylation sites (tertiary alicyclic amines) is 1. The van der Waals surface area contributed by atoms with Gasteiger partial charge in [0, 0.05) is 51.5 Å². The highest BCUT2D eigenvalue weighted by Crippen LogP contribution is 2.15. The van der Waals surface area contributed by atoms with Crippen LogP contribution in [0.25, 0.3) is 0 Å². The van der Waals surface area contributed by atoms with Crippen LogP contribution in [0, 0.1) is 0 Å². The van der Waals surface area contributed by atoms with E-state index in [0.717, 1.165) is 58.2 Å². The van der Waals surface area contributed by atoms with Crippen molar-refractivity contribution in [2.75, 3.05) is 57.3 Å². The molecular weight excluding hydrogens is 322 g/mol. The Morgan fingerprint density at radius 3 is 2.23 bits per heavy atom. The second-order valence-electron chi connectivity index (χ2n) is 7.51. The number of hydrogen-bond donors (Lipinski definition) is 1. The van der Waals surface area contributed by atoms with Crippen molar-refractivity contribution in [2.45, 2.75) is 38.5 Å². The molecule has 0 aliphatic carbocycles. The predicted molar refractivity (Wildman–Crippen MR) is 111 cm³/mol. The van der Waals surface area contributed by atoms with Gasteiger partial charge < -0.3 is 15.5 Å². The lowest BCUT2D eigenvalue weighted by molar-refractivity contribution is 0.253. The molecule has 5 nitrogen and oxygen atoms in total. The molecule has 5 heteroatoms. The molecule has 0 saturated carbocycles. The van der Waals surface area contributed by atoms with Gasteiger partial charge >= 0.3 is 0 Å². The first kappa shape index (κ1) is 19.0. The maximum atomic E-state index is 6.17. The van der Waals surface area contributed by atoms with Crippen molar-refractivity contribution in [3.05, 3.63) is 30.3 Å². The van der Waals surface area contributed by atoms with E-state index in [0.29, 0.717) is 0 Å². The van der Waals surface area contributed by atoms with Crippen LogP contribution in [0.1, 0.15) is 38.5 Å². The lowest BCUT2D eigenvalue weighted by Gasteiger charge is -2.36. The van der Waals surface area contributed by atoms with Gasteiger partial charge in [-0.15, -0.1) is 0 Å². The summed E-state index contributed by atoms with van der Waals surface area (Å²) in [7, 11) is 0. The molecule has 3 rings (SSSR count). The topological polar surface area (TPSA) is 48.1 Å². The Labute approximate surface area is 158 Å². The minimum absolute atomic E-state index is 0.767. The van der Waals surface area contributed by atoms with Crippen molar-refractivity contribution >= 4 is 11.6 Å². The first-order valence-electron chi connectivity index (χ1n) is 10.4. The third kappa shape index (κ3) is 5.90. The van der Waals surface area contributed by atoms with Crippen LogP contribution >= 0.6 is 0 Å². The number of nitrogens with zero attached hydrogens (tertiary/aromatic N) is 4. The van der Waals surface area contributed by atoms with Crippen molar-refractivity contribution in [3.63, 3.8) is 0 Å². The molecule has 0 radical (unpaired) electrons. The summed E-state index contributed by atoms with van der Waals surface area (Å²) in [5.41, 5.74) is 7.53. The molecule has 2 heterocycles. The maximum Gasteiger partial charge on any atom is 0.191 e. The van der Waals surface area contributed by atoms with Crippen LogP contribution < -0.4 is 10.6 Å². The van der Waals surface area contributed by atoms with E-state index in [1.807, 2.05) is 0 Å². The van der Waals surface area contributed by atoms with Gasteiger partial charge in [0.1, 0.15) is 0 Å². The molecule has 0 aromatic heterocycles. The molecular formula is C21H35N5. The van der Waals surface area contributed by atoms with E-state index in [2.05, 4.69) is 50.0 Å². The SMILES string of the molecule is NC(=NCCCCN1CCN(c2ccccc2)CC1)N1CCCCCC1. The lowest BCUT2D eigenvalue weighted by atomic mass is 10.2. The van der Waals surface area contributed by atoms with Gasteiger partial charge in [-0.25, -0.2) is 0 Å². The summed E-state index contributed by atoms with van der Waals surface area (Å²) in [5, 5.41) is 0. The molecule has 1 aromatic carbocycles. The molecule has 1 aromatic rings. The van der Waals surface area contributed by atoms with E-state index in [1.54, 1.807) is 0 Å². The summed E-state index contributed by atoms with van der Waals surface area (Å²) in [4.78, 5) is 12.0. The molecule has 0 spiro atoms. The first-order valence-corrected chi connectivity index (χ1v) is 10.4. The molecule has 0 atom stereocenters. The second-order valence-corrected chi connectivity index (χ2v) is 7.51. The highest BCUT2D eigenvalue weighted by Gasteiger charge is 2.16. The van der Waals surface area contributed by atoms with Crippen molar-refractivity contribution in [1.29, 1.82) is 0 Å². The fraction of sp³-hybridized carbons (Fsp3) is 0.667. The minimum atomic E-state index is 0.767. The minimum Gasteiger partial charge on any atom is -0.370 e. The third-order valence-corrected chi connectivity index (χ3v) is 5.58. The van der Waals surface area contributed by atoms with Gasteiger partial charge in [0.15, 0.2) is 5.96 Å². The Bertz CT molecular complexity index is 529. The molecule has 144 valence electrons. The van der Waals surface area contributed by atoms with E-state index >= 15 is 0 Å². The van der Waals surface area contributed by atoms with Gasteiger partial charge in [-0.05, 0) is 44.4 Å². The summed E-state index contributed by atoms with van der Waals surface area (Å²) >= 11 is 0. The smallest absolute Gasteiger partial charge is 0.191 e.